The molecule has 0 heterocycles. The maximum atomic E-state index is 9.63. The van der Waals surface area contributed by atoms with Crippen LogP contribution in [0.3, 0.4) is 0 Å². The van der Waals surface area contributed by atoms with Crippen molar-refractivity contribution in [2.45, 2.75) is 26.4 Å². The molecular weight excluding hydrogens is 228 g/mol. The van der Waals surface area contributed by atoms with E-state index in [0.717, 1.165) is 0 Å². The van der Waals surface area contributed by atoms with Crippen molar-refractivity contribution in [1.29, 1.82) is 0 Å². The molecule has 0 aliphatic carbocycles. The van der Waals surface area contributed by atoms with Crippen LogP contribution in [0.5, 0.6) is 11.5 Å². The summed E-state index contributed by atoms with van der Waals surface area (Å²) in [6, 6.07) is 4.77. The Morgan fingerprint density at radius 1 is 1.38 bits per heavy atom. The molecule has 0 aliphatic heterocycles. The summed E-state index contributed by atoms with van der Waals surface area (Å²) in [6.45, 7) is 6.83. The molecule has 0 amide bonds. The monoisotopic (exact) mass is 244 g/mol. The summed E-state index contributed by atoms with van der Waals surface area (Å²) >= 11 is 5.73. The van der Waals surface area contributed by atoms with E-state index in [-0.39, 0.29) is 5.75 Å². The quantitative estimate of drug-likeness (QED) is 0.864. The van der Waals surface area contributed by atoms with Crippen LogP contribution < -0.4 is 4.74 Å². The lowest BCUT2D eigenvalue weighted by molar-refractivity contribution is -0.000225. The Morgan fingerprint density at radius 3 is 2.62 bits per heavy atom. The van der Waals surface area contributed by atoms with Gasteiger partial charge in [-0.2, -0.15) is 0 Å². The topological polar surface area (TPSA) is 38.7 Å². The second-order valence-electron chi connectivity index (χ2n) is 4.11. The highest BCUT2D eigenvalue weighted by Crippen LogP contribution is 2.31. The summed E-state index contributed by atoms with van der Waals surface area (Å²) in [7, 11) is 0. The number of benzene rings is 1. The van der Waals surface area contributed by atoms with Crippen LogP contribution in [0.25, 0.3) is 0 Å². The minimum Gasteiger partial charge on any atom is -0.504 e. The molecule has 0 radical (unpaired) electrons. The molecular formula is C12H17ClO3. The first-order valence-electron chi connectivity index (χ1n) is 5.20. The lowest BCUT2D eigenvalue weighted by Gasteiger charge is -2.26. The normalized spacial score (nSPS) is 11.5. The van der Waals surface area contributed by atoms with Gasteiger partial charge in [0.2, 0.25) is 0 Å². The summed E-state index contributed by atoms with van der Waals surface area (Å²) in [6.07, 6.45) is 0. The number of hydrogen-bond donors (Lipinski definition) is 1. The molecule has 1 aromatic rings. The van der Waals surface area contributed by atoms with Gasteiger partial charge in [-0.25, -0.2) is 0 Å². The molecule has 16 heavy (non-hydrogen) atoms. The zero-order valence-corrected chi connectivity index (χ0v) is 10.5. The summed E-state index contributed by atoms with van der Waals surface area (Å²) in [5.74, 6) is 0.450. The zero-order valence-electron chi connectivity index (χ0n) is 9.79. The number of rotatable bonds is 5. The summed E-state index contributed by atoms with van der Waals surface area (Å²) in [4.78, 5) is 0. The highest BCUT2D eigenvalue weighted by Gasteiger charge is 2.21. The first kappa shape index (κ1) is 13.1. The highest BCUT2D eigenvalue weighted by molar-refractivity contribution is 6.30. The van der Waals surface area contributed by atoms with Crippen molar-refractivity contribution in [3.63, 3.8) is 0 Å². The van der Waals surface area contributed by atoms with Gasteiger partial charge in [0.25, 0.3) is 0 Å². The van der Waals surface area contributed by atoms with Crippen molar-refractivity contribution in [2.75, 3.05) is 13.2 Å². The van der Waals surface area contributed by atoms with E-state index in [0.29, 0.717) is 24.0 Å². The lowest BCUT2D eigenvalue weighted by Crippen LogP contribution is -2.34. The standard InChI is InChI=1S/C12H17ClO3/c1-4-15-8-12(2,3)16-11-6-5-9(13)7-10(11)14/h5-7,14H,4,8H2,1-3H3. The zero-order chi connectivity index (χ0) is 12.2. The number of phenolic OH excluding ortho intramolecular Hbond substituents is 1. The van der Waals surface area contributed by atoms with Crippen LogP contribution >= 0.6 is 11.6 Å². The van der Waals surface area contributed by atoms with Gasteiger partial charge in [0.1, 0.15) is 5.60 Å². The fourth-order valence-corrected chi connectivity index (χ4v) is 1.42. The third-order valence-corrected chi connectivity index (χ3v) is 2.20. The Bertz CT molecular complexity index is 350. The highest BCUT2D eigenvalue weighted by atomic mass is 35.5. The average Bonchev–Trinajstić information content (AvgIpc) is 2.19. The van der Waals surface area contributed by atoms with Gasteiger partial charge in [-0.15, -0.1) is 0 Å². The molecule has 4 heteroatoms. The van der Waals surface area contributed by atoms with Crippen molar-refractivity contribution in [1.82, 2.24) is 0 Å². The molecule has 0 aromatic heterocycles. The molecule has 0 saturated carbocycles. The van der Waals surface area contributed by atoms with Gasteiger partial charge in [-0.3, -0.25) is 0 Å². The Kier molecular flexibility index (Phi) is 4.44. The summed E-state index contributed by atoms with van der Waals surface area (Å²) in [5, 5.41) is 10.1. The van der Waals surface area contributed by atoms with Gasteiger partial charge in [-0.1, -0.05) is 11.6 Å². The minimum absolute atomic E-state index is 0.0390. The molecule has 1 aromatic carbocycles. The van der Waals surface area contributed by atoms with Crippen LogP contribution in [0.15, 0.2) is 18.2 Å². The van der Waals surface area contributed by atoms with E-state index in [1.54, 1.807) is 12.1 Å². The SMILES string of the molecule is CCOCC(C)(C)Oc1ccc(Cl)cc1O. The van der Waals surface area contributed by atoms with Crippen LogP contribution in [0.2, 0.25) is 5.02 Å². The third kappa shape index (κ3) is 3.91. The fraction of sp³-hybridized carbons (Fsp3) is 0.500. The van der Waals surface area contributed by atoms with E-state index in [9.17, 15) is 5.11 Å². The Labute approximate surface area is 101 Å². The molecule has 0 atom stereocenters. The first-order chi connectivity index (χ1) is 7.44. The summed E-state index contributed by atoms with van der Waals surface area (Å²) in [5.41, 5.74) is -0.485. The van der Waals surface area contributed by atoms with Gasteiger partial charge in [0.15, 0.2) is 11.5 Å². The van der Waals surface area contributed by atoms with Crippen molar-refractivity contribution in [3.8, 4) is 11.5 Å². The maximum absolute atomic E-state index is 9.63. The van der Waals surface area contributed by atoms with E-state index >= 15 is 0 Å². The van der Waals surface area contributed by atoms with Crippen LogP contribution in [0.1, 0.15) is 20.8 Å². The molecule has 0 saturated heterocycles. The van der Waals surface area contributed by atoms with Crippen LogP contribution in [-0.4, -0.2) is 23.9 Å². The number of aromatic hydroxyl groups is 1. The fourth-order valence-electron chi connectivity index (χ4n) is 1.25. The lowest BCUT2D eigenvalue weighted by atomic mass is 10.1. The molecule has 0 unspecified atom stereocenters. The van der Waals surface area contributed by atoms with Crippen LogP contribution in [-0.2, 0) is 4.74 Å². The van der Waals surface area contributed by atoms with E-state index in [1.165, 1.54) is 6.07 Å². The number of phenols is 1. The minimum atomic E-state index is -0.485. The Morgan fingerprint density at radius 2 is 2.06 bits per heavy atom. The molecule has 3 nitrogen and oxygen atoms in total. The van der Waals surface area contributed by atoms with E-state index < -0.39 is 5.60 Å². The van der Waals surface area contributed by atoms with Crippen molar-refractivity contribution >= 4 is 11.6 Å². The number of ether oxygens (including phenoxy) is 2. The van der Waals surface area contributed by atoms with Gasteiger partial charge in [0.05, 0.1) is 6.61 Å². The third-order valence-electron chi connectivity index (χ3n) is 1.96. The van der Waals surface area contributed by atoms with Crippen molar-refractivity contribution in [2.24, 2.45) is 0 Å². The Balaban J connectivity index is 2.71. The van der Waals surface area contributed by atoms with Crippen LogP contribution in [0.4, 0.5) is 0 Å². The second kappa shape index (κ2) is 5.41. The van der Waals surface area contributed by atoms with Gasteiger partial charge < -0.3 is 14.6 Å². The molecule has 90 valence electrons. The maximum Gasteiger partial charge on any atom is 0.161 e. The molecule has 1 N–H and O–H groups in total. The van der Waals surface area contributed by atoms with Crippen LogP contribution in [0, 0.1) is 0 Å². The Hall–Kier alpha value is -0.930. The van der Waals surface area contributed by atoms with E-state index in [4.69, 9.17) is 21.1 Å². The smallest absolute Gasteiger partial charge is 0.161 e. The number of halogens is 1. The van der Waals surface area contributed by atoms with Gasteiger partial charge >= 0.3 is 0 Å². The van der Waals surface area contributed by atoms with E-state index in [1.807, 2.05) is 20.8 Å². The number of hydrogen-bond acceptors (Lipinski definition) is 3. The average molecular weight is 245 g/mol. The summed E-state index contributed by atoms with van der Waals surface area (Å²) < 4.78 is 11.0. The van der Waals surface area contributed by atoms with Gasteiger partial charge in [0, 0.05) is 17.7 Å². The second-order valence-corrected chi connectivity index (χ2v) is 4.55. The van der Waals surface area contributed by atoms with E-state index in [2.05, 4.69) is 0 Å². The van der Waals surface area contributed by atoms with Crippen molar-refractivity contribution < 1.29 is 14.6 Å². The molecule has 1 rings (SSSR count). The molecule has 0 spiro atoms. The predicted molar refractivity (Wildman–Crippen MR) is 64.3 cm³/mol. The molecule has 0 fully saturated rings. The first-order valence-corrected chi connectivity index (χ1v) is 5.57. The van der Waals surface area contributed by atoms with Gasteiger partial charge in [-0.05, 0) is 32.9 Å². The molecule has 0 bridgehead atoms. The van der Waals surface area contributed by atoms with Crippen molar-refractivity contribution in [3.05, 3.63) is 23.2 Å². The largest absolute Gasteiger partial charge is 0.504 e. The predicted octanol–water partition coefficient (Wildman–Crippen LogP) is 3.24. The molecule has 0 aliphatic rings.